The number of imide groups is 1. The smallest absolute Gasteiger partial charge is 0.325 e. The van der Waals surface area contributed by atoms with Crippen LogP contribution in [0.4, 0.5) is 4.79 Å². The maximum absolute atomic E-state index is 12.9. The number of aryl methyl sites for hydroxylation is 1. The molecular weight excluding hydrogens is 332 g/mol. The third-order valence-electron chi connectivity index (χ3n) is 4.62. The first-order valence-electron chi connectivity index (χ1n) is 8.23. The molecule has 0 aromatic heterocycles. The zero-order valence-corrected chi connectivity index (χ0v) is 14.9. The van der Waals surface area contributed by atoms with Gasteiger partial charge in [-0.25, -0.2) is 4.79 Å². The molecule has 2 aromatic rings. The van der Waals surface area contributed by atoms with Crippen LogP contribution in [-0.4, -0.2) is 36.3 Å². The highest BCUT2D eigenvalue weighted by molar-refractivity contribution is 6.11. The number of hydrogen-bond acceptors (Lipinski definition) is 4. The monoisotopic (exact) mass is 352 g/mol. The van der Waals surface area contributed by atoms with E-state index in [0.717, 1.165) is 10.5 Å². The fraction of sp³-hybridized carbons (Fsp3) is 0.250. The standard InChI is InChI=1S/C20H20N2O4/c1-13-4-8-15(9-5-13)20(2)18(24)22(19(25)21-20)12-17(23)14-6-10-16(26-3)11-7-14/h4-11H,12H2,1-3H3,(H,21,25)/t20-/m0/s1. The van der Waals surface area contributed by atoms with Gasteiger partial charge in [0.25, 0.3) is 5.91 Å². The van der Waals surface area contributed by atoms with Gasteiger partial charge in [-0.1, -0.05) is 29.8 Å². The highest BCUT2D eigenvalue weighted by Gasteiger charge is 2.49. The number of benzene rings is 2. The van der Waals surface area contributed by atoms with Crippen molar-refractivity contribution >= 4 is 17.7 Å². The average Bonchev–Trinajstić information content (AvgIpc) is 2.86. The first kappa shape index (κ1) is 17.7. The molecule has 1 aliphatic rings. The highest BCUT2D eigenvalue weighted by Crippen LogP contribution is 2.29. The number of Topliss-reactive ketones (excluding diaryl/α,β-unsaturated/α-hetero) is 1. The molecule has 6 nitrogen and oxygen atoms in total. The molecule has 3 amide bonds. The molecule has 1 heterocycles. The van der Waals surface area contributed by atoms with Crippen molar-refractivity contribution in [2.75, 3.05) is 13.7 Å². The normalized spacial score (nSPS) is 19.4. The summed E-state index contributed by atoms with van der Waals surface area (Å²) in [6, 6.07) is 13.4. The van der Waals surface area contributed by atoms with E-state index in [0.29, 0.717) is 16.9 Å². The molecule has 0 saturated carbocycles. The molecule has 2 aromatic carbocycles. The lowest BCUT2D eigenvalue weighted by molar-refractivity contribution is -0.130. The van der Waals surface area contributed by atoms with Gasteiger partial charge in [-0.2, -0.15) is 0 Å². The van der Waals surface area contributed by atoms with Crippen molar-refractivity contribution < 1.29 is 19.1 Å². The van der Waals surface area contributed by atoms with Crippen LogP contribution < -0.4 is 10.1 Å². The molecule has 1 fully saturated rings. The minimum Gasteiger partial charge on any atom is -0.497 e. The van der Waals surface area contributed by atoms with Gasteiger partial charge in [0.2, 0.25) is 0 Å². The van der Waals surface area contributed by atoms with E-state index in [1.165, 1.54) is 7.11 Å². The number of ether oxygens (including phenoxy) is 1. The number of nitrogens with one attached hydrogen (secondary N) is 1. The molecule has 134 valence electrons. The molecule has 0 radical (unpaired) electrons. The number of methoxy groups -OCH3 is 1. The van der Waals surface area contributed by atoms with E-state index in [4.69, 9.17) is 4.74 Å². The lowest BCUT2D eigenvalue weighted by Gasteiger charge is -2.22. The molecule has 6 heteroatoms. The molecule has 1 N–H and O–H groups in total. The van der Waals surface area contributed by atoms with E-state index in [2.05, 4.69) is 5.32 Å². The van der Waals surface area contributed by atoms with Crippen LogP contribution in [0.25, 0.3) is 0 Å². The largest absolute Gasteiger partial charge is 0.497 e. The van der Waals surface area contributed by atoms with Gasteiger partial charge >= 0.3 is 6.03 Å². The maximum atomic E-state index is 12.9. The lowest BCUT2D eigenvalue weighted by atomic mass is 9.91. The summed E-state index contributed by atoms with van der Waals surface area (Å²) in [5.41, 5.74) is 0.974. The van der Waals surface area contributed by atoms with E-state index < -0.39 is 17.5 Å². The van der Waals surface area contributed by atoms with Crippen molar-refractivity contribution in [1.29, 1.82) is 0 Å². The summed E-state index contributed by atoms with van der Waals surface area (Å²) in [6.07, 6.45) is 0. The topological polar surface area (TPSA) is 75.7 Å². The van der Waals surface area contributed by atoms with Crippen LogP contribution in [0.1, 0.15) is 28.4 Å². The molecule has 0 unspecified atom stereocenters. The zero-order valence-electron chi connectivity index (χ0n) is 14.9. The van der Waals surface area contributed by atoms with Crippen molar-refractivity contribution in [3.63, 3.8) is 0 Å². The number of rotatable bonds is 5. The van der Waals surface area contributed by atoms with Crippen LogP contribution in [-0.2, 0) is 10.3 Å². The van der Waals surface area contributed by atoms with Crippen molar-refractivity contribution in [1.82, 2.24) is 10.2 Å². The summed E-state index contributed by atoms with van der Waals surface area (Å²) in [7, 11) is 1.54. The van der Waals surface area contributed by atoms with Gasteiger partial charge in [0.1, 0.15) is 11.3 Å². The van der Waals surface area contributed by atoms with E-state index >= 15 is 0 Å². The lowest BCUT2D eigenvalue weighted by Crippen LogP contribution is -2.41. The van der Waals surface area contributed by atoms with Crippen LogP contribution in [0.5, 0.6) is 5.75 Å². The summed E-state index contributed by atoms with van der Waals surface area (Å²) in [6.45, 7) is 3.29. The van der Waals surface area contributed by atoms with Gasteiger partial charge in [-0.15, -0.1) is 0 Å². The van der Waals surface area contributed by atoms with E-state index in [1.807, 2.05) is 31.2 Å². The second kappa shape index (κ2) is 6.63. The van der Waals surface area contributed by atoms with Crippen LogP contribution >= 0.6 is 0 Å². The Labute approximate surface area is 151 Å². The molecule has 0 bridgehead atoms. The third-order valence-corrected chi connectivity index (χ3v) is 4.62. The number of carbonyl (C=O) groups is 3. The quantitative estimate of drug-likeness (QED) is 0.663. The Hall–Kier alpha value is -3.15. The summed E-state index contributed by atoms with van der Waals surface area (Å²) in [5.74, 6) is -0.124. The SMILES string of the molecule is COc1ccc(C(=O)CN2C(=O)N[C@@](C)(c3ccc(C)cc3)C2=O)cc1. The fourth-order valence-electron chi connectivity index (χ4n) is 2.93. The average molecular weight is 352 g/mol. The van der Waals surface area contributed by atoms with Crippen molar-refractivity contribution in [3.05, 3.63) is 65.2 Å². The van der Waals surface area contributed by atoms with Gasteiger partial charge in [0.15, 0.2) is 5.78 Å². The van der Waals surface area contributed by atoms with Gasteiger partial charge in [-0.05, 0) is 43.7 Å². The maximum Gasteiger partial charge on any atom is 0.325 e. The zero-order chi connectivity index (χ0) is 18.9. The Morgan fingerprint density at radius 3 is 2.27 bits per heavy atom. The molecule has 1 saturated heterocycles. The number of nitrogens with zero attached hydrogens (tertiary/aromatic N) is 1. The van der Waals surface area contributed by atoms with Crippen LogP contribution in [0.2, 0.25) is 0 Å². The van der Waals surface area contributed by atoms with Crippen molar-refractivity contribution in [2.24, 2.45) is 0 Å². The van der Waals surface area contributed by atoms with Gasteiger partial charge in [-0.3, -0.25) is 14.5 Å². The van der Waals surface area contributed by atoms with Crippen molar-refractivity contribution in [3.8, 4) is 5.75 Å². The Morgan fingerprint density at radius 2 is 1.69 bits per heavy atom. The van der Waals surface area contributed by atoms with E-state index in [1.54, 1.807) is 31.2 Å². The number of carbonyl (C=O) groups excluding carboxylic acids is 3. The van der Waals surface area contributed by atoms with Gasteiger partial charge < -0.3 is 10.1 Å². The third kappa shape index (κ3) is 3.06. The Morgan fingerprint density at radius 1 is 1.08 bits per heavy atom. The van der Waals surface area contributed by atoms with Crippen LogP contribution in [0, 0.1) is 6.92 Å². The number of ketones is 1. The second-order valence-corrected chi connectivity index (χ2v) is 6.46. The summed E-state index contributed by atoms with van der Waals surface area (Å²) >= 11 is 0. The molecule has 1 atom stereocenters. The number of amides is 3. The molecule has 26 heavy (non-hydrogen) atoms. The van der Waals surface area contributed by atoms with Gasteiger partial charge in [0.05, 0.1) is 13.7 Å². The predicted molar refractivity (Wildman–Crippen MR) is 96.1 cm³/mol. The Balaban J connectivity index is 1.80. The minimum absolute atomic E-state index is 0.307. The molecule has 0 spiro atoms. The minimum atomic E-state index is -1.18. The Bertz CT molecular complexity index is 858. The van der Waals surface area contributed by atoms with Crippen molar-refractivity contribution in [2.45, 2.75) is 19.4 Å². The summed E-state index contributed by atoms with van der Waals surface area (Å²) in [5, 5.41) is 2.71. The van der Waals surface area contributed by atoms with Gasteiger partial charge in [0, 0.05) is 5.56 Å². The van der Waals surface area contributed by atoms with Crippen LogP contribution in [0.15, 0.2) is 48.5 Å². The van der Waals surface area contributed by atoms with E-state index in [9.17, 15) is 14.4 Å². The summed E-state index contributed by atoms with van der Waals surface area (Å²) in [4.78, 5) is 38.6. The van der Waals surface area contributed by atoms with Crippen LogP contribution in [0.3, 0.4) is 0 Å². The number of hydrogen-bond donors (Lipinski definition) is 1. The second-order valence-electron chi connectivity index (χ2n) is 6.46. The first-order valence-corrected chi connectivity index (χ1v) is 8.23. The highest BCUT2D eigenvalue weighted by atomic mass is 16.5. The molecule has 0 aliphatic carbocycles. The Kier molecular flexibility index (Phi) is 4.50. The predicted octanol–water partition coefficient (Wildman–Crippen LogP) is 2.65. The molecule has 3 rings (SSSR count). The molecule has 1 aliphatic heterocycles. The first-order chi connectivity index (χ1) is 12.3. The van der Waals surface area contributed by atoms with E-state index in [-0.39, 0.29) is 12.3 Å². The summed E-state index contributed by atoms with van der Waals surface area (Å²) < 4.78 is 5.06. The fourth-order valence-corrected chi connectivity index (χ4v) is 2.93. The number of urea groups is 1. The molecular formula is C20H20N2O4.